The molecule has 0 saturated carbocycles. The van der Waals surface area contributed by atoms with E-state index in [2.05, 4.69) is 16.0 Å². The molecule has 4 heterocycles. The molecular weight excluding hydrogens is 386 g/mol. The molecule has 3 aliphatic rings. The smallest absolute Gasteiger partial charge is 0.259 e. The van der Waals surface area contributed by atoms with Gasteiger partial charge in [-0.2, -0.15) is 0 Å². The van der Waals surface area contributed by atoms with Gasteiger partial charge in [0.05, 0.1) is 13.2 Å². The van der Waals surface area contributed by atoms with Crippen LogP contribution in [0.15, 0.2) is 36.5 Å². The molecule has 1 amide bonds. The minimum Gasteiger partial charge on any atom is -0.471 e. The van der Waals surface area contributed by atoms with Gasteiger partial charge >= 0.3 is 0 Å². The van der Waals surface area contributed by atoms with Crippen molar-refractivity contribution in [2.45, 2.75) is 19.1 Å². The Bertz CT molecular complexity index is 907. The number of rotatable bonds is 5. The SMILES string of the molecule is O=C(c1cccnc1O[C@@H]1CCOC1)N1CCN(Cc2ccc3c(c2)OCO3)CC1. The predicted octanol–water partition coefficient (Wildman–Crippen LogP) is 1.94. The molecule has 8 nitrogen and oxygen atoms in total. The summed E-state index contributed by atoms with van der Waals surface area (Å²) in [5, 5.41) is 0. The maximum absolute atomic E-state index is 13.1. The summed E-state index contributed by atoms with van der Waals surface area (Å²) in [5.74, 6) is 1.98. The summed E-state index contributed by atoms with van der Waals surface area (Å²) in [5.41, 5.74) is 1.70. The molecule has 0 bridgehead atoms. The number of amides is 1. The maximum atomic E-state index is 13.1. The Morgan fingerprint density at radius 1 is 1.13 bits per heavy atom. The third-order valence-corrected chi connectivity index (χ3v) is 5.67. The average molecular weight is 411 g/mol. The summed E-state index contributed by atoms with van der Waals surface area (Å²) < 4.78 is 22.1. The number of piperazine rings is 1. The van der Waals surface area contributed by atoms with E-state index < -0.39 is 0 Å². The van der Waals surface area contributed by atoms with Gasteiger partial charge in [-0.15, -0.1) is 0 Å². The molecule has 1 aromatic heterocycles. The van der Waals surface area contributed by atoms with Gasteiger partial charge in [0.2, 0.25) is 12.7 Å². The third kappa shape index (κ3) is 4.06. The van der Waals surface area contributed by atoms with Gasteiger partial charge in [-0.3, -0.25) is 9.69 Å². The zero-order valence-electron chi connectivity index (χ0n) is 16.8. The van der Waals surface area contributed by atoms with Gasteiger partial charge in [-0.1, -0.05) is 6.07 Å². The summed E-state index contributed by atoms with van der Waals surface area (Å²) in [7, 11) is 0. The fourth-order valence-corrected chi connectivity index (χ4v) is 3.99. The van der Waals surface area contributed by atoms with E-state index in [1.165, 1.54) is 5.56 Å². The van der Waals surface area contributed by atoms with Gasteiger partial charge in [0.25, 0.3) is 5.91 Å². The molecule has 0 N–H and O–H groups in total. The maximum Gasteiger partial charge on any atom is 0.259 e. The molecule has 2 saturated heterocycles. The molecule has 2 fully saturated rings. The van der Waals surface area contributed by atoms with E-state index in [1.54, 1.807) is 18.3 Å². The second-order valence-corrected chi connectivity index (χ2v) is 7.72. The van der Waals surface area contributed by atoms with E-state index in [0.717, 1.165) is 37.6 Å². The van der Waals surface area contributed by atoms with Crippen molar-refractivity contribution in [3.63, 3.8) is 0 Å². The molecule has 2 aromatic rings. The number of carbonyl (C=O) groups excluding carboxylic acids is 1. The molecule has 0 radical (unpaired) electrons. The molecule has 5 rings (SSSR count). The second-order valence-electron chi connectivity index (χ2n) is 7.72. The van der Waals surface area contributed by atoms with E-state index in [-0.39, 0.29) is 18.8 Å². The quantitative estimate of drug-likeness (QED) is 0.744. The molecule has 30 heavy (non-hydrogen) atoms. The van der Waals surface area contributed by atoms with Gasteiger partial charge in [-0.05, 0) is 29.8 Å². The van der Waals surface area contributed by atoms with Gasteiger partial charge in [0, 0.05) is 45.3 Å². The van der Waals surface area contributed by atoms with Crippen molar-refractivity contribution in [1.82, 2.24) is 14.8 Å². The largest absolute Gasteiger partial charge is 0.471 e. The van der Waals surface area contributed by atoms with Crippen LogP contribution in [-0.2, 0) is 11.3 Å². The molecule has 0 aliphatic carbocycles. The number of hydrogen-bond donors (Lipinski definition) is 0. The first-order valence-corrected chi connectivity index (χ1v) is 10.4. The van der Waals surface area contributed by atoms with Crippen LogP contribution >= 0.6 is 0 Å². The average Bonchev–Trinajstić information content (AvgIpc) is 3.46. The Balaban J connectivity index is 1.19. The number of ether oxygens (including phenoxy) is 4. The Labute approximate surface area is 175 Å². The molecule has 1 aromatic carbocycles. The topological polar surface area (TPSA) is 73.4 Å². The lowest BCUT2D eigenvalue weighted by Gasteiger charge is -2.35. The lowest BCUT2D eigenvalue weighted by atomic mass is 10.1. The van der Waals surface area contributed by atoms with E-state index in [4.69, 9.17) is 18.9 Å². The fraction of sp³-hybridized carbons (Fsp3) is 0.455. The van der Waals surface area contributed by atoms with Gasteiger partial charge < -0.3 is 23.8 Å². The number of aromatic nitrogens is 1. The van der Waals surface area contributed by atoms with Crippen molar-refractivity contribution >= 4 is 5.91 Å². The minimum absolute atomic E-state index is 0.0280. The molecule has 1 atom stereocenters. The van der Waals surface area contributed by atoms with E-state index in [1.807, 2.05) is 17.0 Å². The van der Waals surface area contributed by atoms with Crippen LogP contribution in [0.1, 0.15) is 22.3 Å². The Morgan fingerprint density at radius 2 is 2.00 bits per heavy atom. The second kappa shape index (κ2) is 8.49. The number of hydrogen-bond acceptors (Lipinski definition) is 7. The van der Waals surface area contributed by atoms with Gasteiger partial charge in [-0.25, -0.2) is 4.98 Å². The normalized spacial score (nSPS) is 21.1. The fourth-order valence-electron chi connectivity index (χ4n) is 3.99. The summed E-state index contributed by atoms with van der Waals surface area (Å²) in [4.78, 5) is 21.6. The number of fused-ring (bicyclic) bond motifs is 1. The first-order valence-electron chi connectivity index (χ1n) is 10.4. The zero-order chi connectivity index (χ0) is 20.3. The van der Waals surface area contributed by atoms with Crippen LogP contribution in [0.5, 0.6) is 17.4 Å². The van der Waals surface area contributed by atoms with Gasteiger partial charge in [0.15, 0.2) is 11.5 Å². The predicted molar refractivity (Wildman–Crippen MR) is 108 cm³/mol. The highest BCUT2D eigenvalue weighted by atomic mass is 16.7. The molecule has 158 valence electrons. The van der Waals surface area contributed by atoms with Crippen LogP contribution < -0.4 is 14.2 Å². The monoisotopic (exact) mass is 411 g/mol. The van der Waals surface area contributed by atoms with Crippen molar-refractivity contribution in [3.05, 3.63) is 47.7 Å². The van der Waals surface area contributed by atoms with Crippen LogP contribution in [0, 0.1) is 0 Å². The van der Waals surface area contributed by atoms with Crippen LogP contribution in [0.2, 0.25) is 0 Å². The highest BCUT2D eigenvalue weighted by Crippen LogP contribution is 2.33. The molecular formula is C22H25N3O5. The number of carbonyl (C=O) groups is 1. The molecule has 0 spiro atoms. The van der Waals surface area contributed by atoms with Crippen molar-refractivity contribution in [2.24, 2.45) is 0 Å². The number of nitrogens with zero attached hydrogens (tertiary/aromatic N) is 3. The first kappa shape index (κ1) is 19.1. The van der Waals surface area contributed by atoms with E-state index >= 15 is 0 Å². The number of benzene rings is 1. The van der Waals surface area contributed by atoms with Gasteiger partial charge in [0.1, 0.15) is 11.7 Å². The van der Waals surface area contributed by atoms with Crippen LogP contribution in [0.25, 0.3) is 0 Å². The highest BCUT2D eigenvalue weighted by Gasteiger charge is 2.27. The zero-order valence-corrected chi connectivity index (χ0v) is 16.8. The Hall–Kier alpha value is -2.84. The van der Waals surface area contributed by atoms with Crippen LogP contribution in [0.4, 0.5) is 0 Å². The molecule has 8 heteroatoms. The van der Waals surface area contributed by atoms with Crippen LogP contribution in [-0.4, -0.2) is 73.0 Å². The van der Waals surface area contributed by atoms with Crippen molar-refractivity contribution < 1.29 is 23.7 Å². The summed E-state index contributed by atoms with van der Waals surface area (Å²) >= 11 is 0. The summed E-state index contributed by atoms with van der Waals surface area (Å²) in [6.07, 6.45) is 2.44. The Morgan fingerprint density at radius 3 is 2.83 bits per heavy atom. The molecule has 3 aliphatic heterocycles. The molecule has 0 unspecified atom stereocenters. The Kier molecular flexibility index (Phi) is 5.42. The van der Waals surface area contributed by atoms with Crippen LogP contribution in [0.3, 0.4) is 0 Å². The third-order valence-electron chi connectivity index (χ3n) is 5.67. The van der Waals surface area contributed by atoms with Crippen molar-refractivity contribution in [2.75, 3.05) is 46.2 Å². The van der Waals surface area contributed by atoms with E-state index in [9.17, 15) is 4.79 Å². The summed E-state index contributed by atoms with van der Waals surface area (Å²) in [6, 6.07) is 9.63. The lowest BCUT2D eigenvalue weighted by molar-refractivity contribution is 0.0618. The lowest BCUT2D eigenvalue weighted by Crippen LogP contribution is -2.48. The standard InChI is InChI=1S/C22H25N3O5/c26-22(18-2-1-6-23-21(18)30-17-5-11-27-14-17)25-9-7-24(8-10-25)13-16-3-4-19-20(12-16)29-15-28-19/h1-4,6,12,17H,5,7-11,13-15H2/t17-/m1/s1. The summed E-state index contributed by atoms with van der Waals surface area (Å²) in [6.45, 7) is 5.30. The number of pyridine rings is 1. The first-order chi connectivity index (χ1) is 14.8. The minimum atomic E-state index is -0.0370. The van der Waals surface area contributed by atoms with Crippen molar-refractivity contribution in [3.8, 4) is 17.4 Å². The van der Waals surface area contributed by atoms with Crippen molar-refractivity contribution in [1.29, 1.82) is 0 Å². The highest BCUT2D eigenvalue weighted by molar-refractivity contribution is 5.96. The van der Waals surface area contributed by atoms with E-state index in [0.29, 0.717) is 37.7 Å².